The molecule has 144 valence electrons. The van der Waals surface area contributed by atoms with Gasteiger partial charge < -0.3 is 14.4 Å². The number of rotatable bonds is 4. The Morgan fingerprint density at radius 2 is 0.885 bits per heavy atom. The molecule has 2 aromatic rings. The Labute approximate surface area is 160 Å². The van der Waals surface area contributed by atoms with Crippen molar-refractivity contribution in [1.82, 2.24) is 0 Å². The monoisotopic (exact) mass is 396 g/mol. The molecular weight excluding hydrogens is 364 g/mol. The third-order valence-electron chi connectivity index (χ3n) is 3.00. The van der Waals surface area contributed by atoms with Crippen LogP contribution in [0.4, 0.5) is 4.32 Å². The molecule has 2 nitrogen and oxygen atoms in total. The first-order valence-corrected chi connectivity index (χ1v) is 15.2. The summed E-state index contributed by atoms with van der Waals surface area (Å²) in [5, 5.41) is 16.6. The number of hydrogen-bond donors (Lipinski definition) is 0. The van der Waals surface area contributed by atoms with Crippen molar-refractivity contribution in [3.8, 4) is 0 Å². The average molecular weight is 396 g/mol. The van der Waals surface area contributed by atoms with E-state index in [4.69, 9.17) is 10.0 Å². The summed E-state index contributed by atoms with van der Waals surface area (Å²) in [6.07, 6.45) is 2.54. The highest BCUT2D eigenvalue weighted by Crippen LogP contribution is 2.50. The van der Waals surface area contributed by atoms with Crippen molar-refractivity contribution in [2.45, 2.75) is 12.3 Å². The lowest BCUT2D eigenvalue weighted by Gasteiger charge is -2.10. The van der Waals surface area contributed by atoms with Gasteiger partial charge >= 0.3 is 0 Å². The zero-order valence-corrected chi connectivity index (χ0v) is 18.6. The van der Waals surface area contributed by atoms with Gasteiger partial charge in [0.1, 0.15) is 7.40 Å². The first-order chi connectivity index (χ1) is 11.9. The molecule has 0 heterocycles. The smallest absolute Gasteiger partial charge is 0.121 e. The van der Waals surface area contributed by atoms with Crippen LogP contribution < -0.4 is 10.0 Å². The lowest BCUT2D eigenvalue weighted by atomic mass is 10.2. The fraction of sp³-hybridized carbons (Fsp3) is 0.400. The van der Waals surface area contributed by atoms with E-state index in [0.29, 0.717) is 0 Å². The molecule has 0 N–H and O–H groups in total. The van der Waals surface area contributed by atoms with Crippen molar-refractivity contribution in [2.75, 3.05) is 40.0 Å². The highest BCUT2D eigenvalue weighted by Gasteiger charge is 2.17. The van der Waals surface area contributed by atoms with Gasteiger partial charge in [0.25, 0.3) is 0 Å². The van der Waals surface area contributed by atoms with Crippen LogP contribution in [0, 0.1) is 0 Å². The molecule has 0 aliphatic carbocycles. The Hall–Kier alpha value is -0.785. The summed E-state index contributed by atoms with van der Waals surface area (Å²) in [5.74, 6) is 0. The Morgan fingerprint density at radius 1 is 0.654 bits per heavy atom. The zero-order valence-electron chi connectivity index (χ0n) is 16.9. The number of hydrogen-bond acceptors (Lipinski definition) is 2. The SMILES string of the molecule is C[P+](C)(C)Cc1ccccc1.C[P+](C)(C)Cc1ccccc1.[O-]B([O-])F. The van der Waals surface area contributed by atoms with Crippen molar-refractivity contribution in [1.29, 1.82) is 0 Å². The maximum atomic E-state index is 9.89. The maximum Gasteiger partial charge on any atom is 0.121 e. The largest absolute Gasteiger partial charge is 0.867 e. The highest BCUT2D eigenvalue weighted by molar-refractivity contribution is 7.73. The molecule has 0 bridgehead atoms. The number of benzene rings is 2. The van der Waals surface area contributed by atoms with Gasteiger partial charge in [-0.15, -0.1) is 0 Å². The fourth-order valence-electron chi connectivity index (χ4n) is 2.26. The summed E-state index contributed by atoms with van der Waals surface area (Å²) in [6, 6.07) is 21.5. The summed E-state index contributed by atoms with van der Waals surface area (Å²) in [5.41, 5.74) is 2.96. The summed E-state index contributed by atoms with van der Waals surface area (Å²) >= 11 is 0. The van der Waals surface area contributed by atoms with Gasteiger partial charge in [-0.05, 0) is 11.1 Å². The average Bonchev–Trinajstić information content (AvgIpc) is 2.46. The predicted molar refractivity (Wildman–Crippen MR) is 117 cm³/mol. The molecule has 0 fully saturated rings. The van der Waals surface area contributed by atoms with Crippen LogP contribution >= 0.6 is 14.5 Å². The second-order valence-corrected chi connectivity index (χ2v) is 17.9. The minimum absolute atomic E-state index is 0.638. The van der Waals surface area contributed by atoms with Crippen LogP contribution in [0.25, 0.3) is 0 Å². The molecule has 0 spiro atoms. The van der Waals surface area contributed by atoms with Crippen LogP contribution in [0.15, 0.2) is 60.7 Å². The van der Waals surface area contributed by atoms with Gasteiger partial charge in [0.15, 0.2) is 0 Å². The molecule has 0 atom stereocenters. The molecule has 2 aromatic carbocycles. The minimum Gasteiger partial charge on any atom is -0.867 e. The van der Waals surface area contributed by atoms with Gasteiger partial charge in [0.05, 0.1) is 12.3 Å². The molecule has 26 heavy (non-hydrogen) atoms. The van der Waals surface area contributed by atoms with Crippen molar-refractivity contribution in [3.05, 3.63) is 71.8 Å². The lowest BCUT2D eigenvalue weighted by Crippen LogP contribution is -2.39. The van der Waals surface area contributed by atoms with Gasteiger partial charge in [-0.25, -0.2) is 0 Å². The Morgan fingerprint density at radius 3 is 1.08 bits per heavy atom. The zero-order chi connectivity index (χ0) is 20.2. The molecule has 0 aliphatic heterocycles. The van der Waals surface area contributed by atoms with Crippen molar-refractivity contribution < 1.29 is 14.4 Å². The van der Waals surface area contributed by atoms with Crippen LogP contribution in [-0.4, -0.2) is 47.4 Å². The molecule has 6 heteroatoms. The van der Waals surface area contributed by atoms with Crippen LogP contribution in [-0.2, 0) is 12.3 Å². The minimum atomic E-state index is -3.17. The molecular formula is C20H32BFO2P2. The van der Waals surface area contributed by atoms with E-state index in [9.17, 15) is 4.32 Å². The van der Waals surface area contributed by atoms with E-state index in [2.05, 4.69) is 101 Å². The number of halogens is 1. The van der Waals surface area contributed by atoms with Gasteiger partial charge in [-0.1, -0.05) is 60.7 Å². The Bertz CT molecular complexity index is 528. The second kappa shape index (κ2) is 12.6. The van der Waals surface area contributed by atoms with E-state index >= 15 is 0 Å². The summed E-state index contributed by atoms with van der Waals surface area (Å²) < 4.78 is 9.89. The van der Waals surface area contributed by atoms with Crippen molar-refractivity contribution in [3.63, 3.8) is 0 Å². The van der Waals surface area contributed by atoms with Crippen LogP contribution in [0.3, 0.4) is 0 Å². The van der Waals surface area contributed by atoms with Crippen molar-refractivity contribution >= 4 is 21.9 Å². The van der Waals surface area contributed by atoms with E-state index in [1.54, 1.807) is 0 Å². The standard InChI is InChI=1S/2C10H16P.BFO2/c2*1-11(2,3)9-10-7-5-4-6-8-10;2-1(3)4/h2*4-8H,9H2,1-3H3;/q2*+1;-2. The fourth-order valence-corrected chi connectivity index (χ4v) is 4.87. The topological polar surface area (TPSA) is 46.1 Å². The highest BCUT2D eigenvalue weighted by atomic mass is 31.2. The van der Waals surface area contributed by atoms with E-state index in [0.717, 1.165) is 0 Å². The molecule has 0 saturated heterocycles. The van der Waals surface area contributed by atoms with Crippen LogP contribution in [0.2, 0.25) is 0 Å². The molecule has 0 amide bonds. The molecule has 0 radical (unpaired) electrons. The predicted octanol–water partition coefficient (Wildman–Crippen LogP) is 3.85. The van der Waals surface area contributed by atoms with E-state index < -0.39 is 21.9 Å². The third-order valence-corrected chi connectivity index (χ3v) is 5.63. The maximum absolute atomic E-state index is 9.89. The van der Waals surface area contributed by atoms with E-state index in [1.165, 1.54) is 23.5 Å². The quantitative estimate of drug-likeness (QED) is 0.582. The van der Waals surface area contributed by atoms with E-state index in [-0.39, 0.29) is 0 Å². The normalized spacial score (nSPS) is 10.8. The molecule has 0 aromatic heterocycles. The summed E-state index contributed by atoms with van der Waals surface area (Å²) in [6.45, 7) is 14.2. The van der Waals surface area contributed by atoms with Crippen LogP contribution in [0.1, 0.15) is 11.1 Å². The lowest BCUT2D eigenvalue weighted by molar-refractivity contribution is -0.366. The molecule has 0 aliphatic rings. The summed E-state index contributed by atoms with van der Waals surface area (Å²) in [4.78, 5) is 0. The van der Waals surface area contributed by atoms with Gasteiger partial charge in [0, 0.05) is 54.5 Å². The van der Waals surface area contributed by atoms with E-state index in [1.807, 2.05) is 0 Å². The first-order valence-electron chi connectivity index (χ1n) is 8.53. The first kappa shape index (κ1) is 25.2. The molecule has 2 rings (SSSR count). The molecule has 0 saturated carbocycles. The van der Waals surface area contributed by atoms with Crippen LogP contribution in [0.5, 0.6) is 0 Å². The summed E-state index contributed by atoms with van der Waals surface area (Å²) in [7, 11) is -4.44. The van der Waals surface area contributed by atoms with Gasteiger partial charge in [-0.3, -0.25) is 0 Å². The Kier molecular flexibility index (Phi) is 12.2. The Balaban J connectivity index is 0.000000401. The van der Waals surface area contributed by atoms with Gasteiger partial charge in [-0.2, -0.15) is 0 Å². The van der Waals surface area contributed by atoms with Crippen molar-refractivity contribution in [2.24, 2.45) is 0 Å². The third kappa shape index (κ3) is 18.0. The van der Waals surface area contributed by atoms with Gasteiger partial charge in [0.2, 0.25) is 0 Å². The molecule has 0 unspecified atom stereocenters. The second-order valence-electron chi connectivity index (χ2n) is 8.14.